The zero-order valence-corrected chi connectivity index (χ0v) is 9.93. The predicted molar refractivity (Wildman–Crippen MR) is 65.0 cm³/mol. The molecule has 0 aliphatic heterocycles. The first-order valence-corrected chi connectivity index (χ1v) is 6.50. The van der Waals surface area contributed by atoms with Crippen LogP contribution in [0.4, 0.5) is 0 Å². The summed E-state index contributed by atoms with van der Waals surface area (Å²) in [6.07, 6.45) is 6.75. The normalized spacial score (nSPS) is 30.5. The summed E-state index contributed by atoms with van der Waals surface area (Å²) in [7, 11) is 0. The molecular formula is C14H18N2O. The minimum atomic E-state index is 0.239. The third kappa shape index (κ3) is 2.19. The van der Waals surface area contributed by atoms with Crippen LogP contribution in [0, 0.1) is 17.8 Å². The van der Waals surface area contributed by atoms with Gasteiger partial charge >= 0.3 is 0 Å². The summed E-state index contributed by atoms with van der Waals surface area (Å²) < 4.78 is 0. The fraction of sp³-hybridized carbons (Fsp3) is 0.571. The Bertz CT molecular complexity index is 404. The molecule has 0 saturated heterocycles. The maximum absolute atomic E-state index is 12.1. The van der Waals surface area contributed by atoms with Crippen LogP contribution in [-0.4, -0.2) is 10.9 Å². The molecule has 1 aromatic heterocycles. The summed E-state index contributed by atoms with van der Waals surface area (Å²) in [4.78, 5) is 16.3. The highest BCUT2D eigenvalue weighted by atomic mass is 16.1. The molecule has 2 aliphatic carbocycles. The number of carbonyl (C=O) groups is 1. The zero-order chi connectivity index (χ0) is 11.7. The Kier molecular flexibility index (Phi) is 2.83. The van der Waals surface area contributed by atoms with Gasteiger partial charge in [-0.3, -0.25) is 9.78 Å². The lowest BCUT2D eigenvalue weighted by Crippen LogP contribution is -2.33. The van der Waals surface area contributed by atoms with Gasteiger partial charge in [-0.1, -0.05) is 12.5 Å². The Hall–Kier alpha value is -1.38. The van der Waals surface area contributed by atoms with Crippen molar-refractivity contribution in [2.45, 2.75) is 32.2 Å². The van der Waals surface area contributed by atoms with Crippen LogP contribution in [0.3, 0.4) is 0 Å². The molecule has 3 rings (SSSR count). The molecule has 2 saturated carbocycles. The van der Waals surface area contributed by atoms with Crippen LogP contribution < -0.4 is 5.32 Å². The standard InChI is InChI=1S/C14H18N2O/c17-14(13-8-10-4-5-11(13)7-10)16-9-12-3-1-2-6-15-12/h1-3,6,10-11,13H,4-5,7-9H2,(H,16,17)/t10-,11-,13+/m1/s1. The van der Waals surface area contributed by atoms with E-state index >= 15 is 0 Å². The fourth-order valence-electron chi connectivity index (χ4n) is 3.38. The van der Waals surface area contributed by atoms with Gasteiger partial charge in [0.2, 0.25) is 5.91 Å². The molecule has 1 aromatic rings. The summed E-state index contributed by atoms with van der Waals surface area (Å²) in [6.45, 7) is 0.563. The molecule has 17 heavy (non-hydrogen) atoms. The smallest absolute Gasteiger partial charge is 0.223 e. The Morgan fingerprint density at radius 3 is 2.94 bits per heavy atom. The Morgan fingerprint density at radius 2 is 2.29 bits per heavy atom. The van der Waals surface area contributed by atoms with Crippen LogP contribution in [0.15, 0.2) is 24.4 Å². The third-order valence-corrected chi connectivity index (χ3v) is 4.24. The van der Waals surface area contributed by atoms with Crippen molar-refractivity contribution in [3.63, 3.8) is 0 Å². The molecule has 0 aromatic carbocycles. The van der Waals surface area contributed by atoms with Crippen LogP contribution in [0.2, 0.25) is 0 Å². The lowest BCUT2D eigenvalue weighted by atomic mass is 9.88. The van der Waals surface area contributed by atoms with E-state index in [0.29, 0.717) is 12.5 Å². The summed E-state index contributed by atoms with van der Waals surface area (Å²) in [5.74, 6) is 2.00. The quantitative estimate of drug-likeness (QED) is 0.864. The largest absolute Gasteiger partial charge is 0.350 e. The van der Waals surface area contributed by atoms with E-state index in [-0.39, 0.29) is 11.8 Å². The van der Waals surface area contributed by atoms with Gasteiger partial charge in [-0.2, -0.15) is 0 Å². The van der Waals surface area contributed by atoms with Crippen LogP contribution in [0.25, 0.3) is 0 Å². The van der Waals surface area contributed by atoms with E-state index in [1.54, 1.807) is 6.20 Å². The minimum absolute atomic E-state index is 0.239. The number of hydrogen-bond donors (Lipinski definition) is 1. The molecule has 1 N–H and O–H groups in total. The fourth-order valence-corrected chi connectivity index (χ4v) is 3.38. The third-order valence-electron chi connectivity index (χ3n) is 4.24. The van der Waals surface area contributed by atoms with Gasteiger partial charge in [-0.25, -0.2) is 0 Å². The lowest BCUT2D eigenvalue weighted by molar-refractivity contribution is -0.126. The van der Waals surface area contributed by atoms with E-state index in [4.69, 9.17) is 0 Å². The maximum atomic E-state index is 12.1. The van der Waals surface area contributed by atoms with Crippen molar-refractivity contribution >= 4 is 5.91 Å². The Morgan fingerprint density at radius 1 is 1.35 bits per heavy atom. The Labute approximate surface area is 102 Å². The van der Waals surface area contributed by atoms with Crippen LogP contribution in [0.1, 0.15) is 31.4 Å². The molecule has 0 radical (unpaired) electrons. The summed E-state index contributed by atoms with van der Waals surface area (Å²) in [5.41, 5.74) is 0.934. The number of hydrogen-bond acceptors (Lipinski definition) is 2. The number of fused-ring (bicyclic) bond motifs is 2. The van der Waals surface area contributed by atoms with Crippen LogP contribution in [-0.2, 0) is 11.3 Å². The van der Waals surface area contributed by atoms with E-state index in [0.717, 1.165) is 18.0 Å². The number of nitrogens with zero attached hydrogens (tertiary/aromatic N) is 1. The topological polar surface area (TPSA) is 42.0 Å². The number of aromatic nitrogens is 1. The van der Waals surface area contributed by atoms with E-state index in [9.17, 15) is 4.79 Å². The van der Waals surface area contributed by atoms with E-state index in [2.05, 4.69) is 10.3 Å². The number of pyridine rings is 1. The second-order valence-corrected chi connectivity index (χ2v) is 5.32. The molecule has 2 fully saturated rings. The van der Waals surface area contributed by atoms with Crippen molar-refractivity contribution in [1.82, 2.24) is 10.3 Å². The van der Waals surface area contributed by atoms with Crippen LogP contribution >= 0.6 is 0 Å². The Balaban J connectivity index is 1.54. The second kappa shape index (κ2) is 4.47. The molecule has 0 spiro atoms. The maximum Gasteiger partial charge on any atom is 0.223 e. The first-order chi connectivity index (χ1) is 8.33. The van der Waals surface area contributed by atoms with Gasteiger partial charge in [0, 0.05) is 12.1 Å². The first-order valence-electron chi connectivity index (χ1n) is 6.50. The van der Waals surface area contributed by atoms with Crippen molar-refractivity contribution in [2.75, 3.05) is 0 Å². The summed E-state index contributed by atoms with van der Waals surface area (Å²) >= 11 is 0. The average Bonchev–Trinajstić information content (AvgIpc) is 2.99. The molecule has 1 amide bonds. The second-order valence-electron chi connectivity index (χ2n) is 5.32. The van der Waals surface area contributed by atoms with E-state index < -0.39 is 0 Å². The van der Waals surface area contributed by atoms with E-state index in [1.807, 2.05) is 18.2 Å². The predicted octanol–water partition coefficient (Wildman–Crippen LogP) is 2.13. The molecule has 3 heteroatoms. The van der Waals surface area contributed by atoms with Gasteiger partial charge in [0.05, 0.1) is 12.2 Å². The minimum Gasteiger partial charge on any atom is -0.350 e. The summed E-state index contributed by atoms with van der Waals surface area (Å²) in [5, 5.41) is 3.02. The number of amides is 1. The van der Waals surface area contributed by atoms with Crippen LogP contribution in [0.5, 0.6) is 0 Å². The molecule has 90 valence electrons. The van der Waals surface area contributed by atoms with Crippen molar-refractivity contribution in [2.24, 2.45) is 17.8 Å². The van der Waals surface area contributed by atoms with Gasteiger partial charge < -0.3 is 5.32 Å². The van der Waals surface area contributed by atoms with Crippen molar-refractivity contribution in [1.29, 1.82) is 0 Å². The number of carbonyl (C=O) groups excluding carboxylic acids is 1. The lowest BCUT2D eigenvalue weighted by Gasteiger charge is -2.20. The first kappa shape index (κ1) is 10.8. The molecule has 2 bridgehead atoms. The van der Waals surface area contributed by atoms with Crippen molar-refractivity contribution < 1.29 is 4.79 Å². The molecule has 1 heterocycles. The van der Waals surface area contributed by atoms with Gasteiger partial charge in [0.1, 0.15) is 0 Å². The molecule has 0 unspecified atom stereocenters. The molecular weight excluding hydrogens is 212 g/mol. The molecule has 2 aliphatic rings. The highest BCUT2D eigenvalue weighted by Crippen LogP contribution is 2.48. The SMILES string of the molecule is O=C(NCc1ccccn1)[C@H]1C[C@@H]2CC[C@@H]1C2. The van der Waals surface area contributed by atoms with Gasteiger partial charge in [0.15, 0.2) is 0 Å². The van der Waals surface area contributed by atoms with E-state index in [1.165, 1.54) is 19.3 Å². The number of nitrogens with one attached hydrogen (secondary N) is 1. The monoisotopic (exact) mass is 230 g/mol. The highest BCUT2D eigenvalue weighted by Gasteiger charge is 2.42. The van der Waals surface area contributed by atoms with Gasteiger partial charge in [-0.15, -0.1) is 0 Å². The van der Waals surface area contributed by atoms with Gasteiger partial charge in [0.25, 0.3) is 0 Å². The highest BCUT2D eigenvalue weighted by molar-refractivity contribution is 5.79. The zero-order valence-electron chi connectivity index (χ0n) is 9.93. The summed E-state index contributed by atoms with van der Waals surface area (Å²) in [6, 6.07) is 5.79. The molecule has 3 atom stereocenters. The van der Waals surface area contributed by atoms with Crippen molar-refractivity contribution in [3.8, 4) is 0 Å². The van der Waals surface area contributed by atoms with Crippen molar-refractivity contribution in [3.05, 3.63) is 30.1 Å². The average molecular weight is 230 g/mol. The van der Waals surface area contributed by atoms with Gasteiger partial charge in [-0.05, 0) is 43.2 Å². The molecule has 3 nitrogen and oxygen atoms in total. The number of rotatable bonds is 3.